The number of fused-ring (bicyclic) bond motifs is 2. The van der Waals surface area contributed by atoms with Gasteiger partial charge in [-0.2, -0.15) is 10.2 Å². The molecule has 0 saturated carbocycles. The van der Waals surface area contributed by atoms with Crippen LogP contribution in [0.4, 0.5) is 5.82 Å². The van der Waals surface area contributed by atoms with Crippen molar-refractivity contribution in [3.8, 4) is 0 Å². The topological polar surface area (TPSA) is 76.0 Å². The van der Waals surface area contributed by atoms with Crippen LogP contribution in [0.5, 0.6) is 0 Å². The molecule has 2 heterocycles. The number of aromatic nitrogens is 4. The van der Waals surface area contributed by atoms with Crippen LogP contribution in [-0.4, -0.2) is 26.4 Å². The molecule has 0 fully saturated rings. The van der Waals surface area contributed by atoms with Crippen LogP contribution in [-0.2, 0) is 0 Å². The van der Waals surface area contributed by atoms with Crippen molar-refractivity contribution in [1.82, 2.24) is 20.2 Å². The van der Waals surface area contributed by atoms with Gasteiger partial charge >= 0.3 is 0 Å². The zero-order valence-corrected chi connectivity index (χ0v) is 13.0. The number of rotatable bonds is 3. The normalized spacial score (nSPS) is 11.4. The van der Waals surface area contributed by atoms with Gasteiger partial charge in [-0.1, -0.05) is 42.0 Å². The highest BCUT2D eigenvalue weighted by Gasteiger charge is 2.07. The van der Waals surface area contributed by atoms with Gasteiger partial charge in [0.05, 0.1) is 23.4 Å². The van der Waals surface area contributed by atoms with E-state index >= 15 is 0 Å². The molecule has 0 bridgehead atoms. The summed E-state index contributed by atoms with van der Waals surface area (Å²) in [5.41, 5.74) is 8.07. The van der Waals surface area contributed by atoms with Crippen molar-refractivity contribution in [3.63, 3.8) is 0 Å². The molecule has 24 heavy (non-hydrogen) atoms. The first-order valence-corrected chi connectivity index (χ1v) is 7.53. The molecule has 0 atom stereocenters. The lowest BCUT2D eigenvalue weighted by atomic mass is 10.2. The minimum Gasteiger partial charge on any atom is -0.258 e. The molecule has 0 aliphatic heterocycles. The maximum atomic E-state index is 4.61. The first-order valence-electron chi connectivity index (χ1n) is 7.53. The largest absolute Gasteiger partial charge is 0.258 e. The van der Waals surface area contributed by atoms with Crippen molar-refractivity contribution in [3.05, 3.63) is 65.9 Å². The summed E-state index contributed by atoms with van der Waals surface area (Å²) in [6, 6.07) is 15.8. The van der Waals surface area contributed by atoms with Gasteiger partial charge in [-0.15, -0.1) is 5.10 Å². The van der Waals surface area contributed by atoms with E-state index in [1.54, 1.807) is 12.4 Å². The van der Waals surface area contributed by atoms with E-state index in [1.807, 2.05) is 55.5 Å². The Bertz CT molecular complexity index is 1040. The van der Waals surface area contributed by atoms with Crippen molar-refractivity contribution in [2.75, 3.05) is 5.43 Å². The Morgan fingerprint density at radius 1 is 0.917 bits per heavy atom. The van der Waals surface area contributed by atoms with Crippen LogP contribution in [0.1, 0.15) is 11.1 Å². The fourth-order valence-corrected chi connectivity index (χ4v) is 2.36. The van der Waals surface area contributed by atoms with Crippen LogP contribution < -0.4 is 5.43 Å². The molecule has 0 unspecified atom stereocenters. The summed E-state index contributed by atoms with van der Waals surface area (Å²) in [5.74, 6) is 0.481. The van der Waals surface area contributed by atoms with Gasteiger partial charge in [-0.3, -0.25) is 5.43 Å². The SMILES string of the molecule is Cc1ccc(/C=N/Nc2nncc3nc4ccccc4nc23)cc1. The van der Waals surface area contributed by atoms with Crippen molar-refractivity contribution < 1.29 is 0 Å². The molecule has 6 nitrogen and oxygen atoms in total. The van der Waals surface area contributed by atoms with Crippen molar-refractivity contribution in [2.45, 2.75) is 6.92 Å². The minimum absolute atomic E-state index is 0.481. The molecular weight excluding hydrogens is 300 g/mol. The third-order valence-electron chi connectivity index (χ3n) is 3.62. The van der Waals surface area contributed by atoms with Gasteiger partial charge in [0.25, 0.3) is 0 Å². The second-order valence-corrected chi connectivity index (χ2v) is 5.42. The molecule has 2 aromatic heterocycles. The quantitative estimate of drug-likeness (QED) is 0.356. The Balaban J connectivity index is 1.68. The molecule has 116 valence electrons. The first kappa shape index (κ1) is 14.2. The molecule has 6 heteroatoms. The van der Waals surface area contributed by atoms with Gasteiger partial charge in [0.2, 0.25) is 0 Å². The molecule has 0 aliphatic rings. The van der Waals surface area contributed by atoms with Gasteiger partial charge in [0.1, 0.15) is 11.0 Å². The lowest BCUT2D eigenvalue weighted by Gasteiger charge is -2.04. The van der Waals surface area contributed by atoms with Crippen molar-refractivity contribution >= 4 is 34.1 Å². The summed E-state index contributed by atoms with van der Waals surface area (Å²) in [6.07, 6.45) is 3.33. The number of nitrogens with zero attached hydrogens (tertiary/aromatic N) is 5. The molecule has 4 aromatic rings. The number of hydrogen-bond donors (Lipinski definition) is 1. The number of benzene rings is 2. The monoisotopic (exact) mass is 314 g/mol. The van der Waals surface area contributed by atoms with Crippen LogP contribution in [0.2, 0.25) is 0 Å². The highest BCUT2D eigenvalue weighted by atomic mass is 15.3. The average Bonchev–Trinajstić information content (AvgIpc) is 2.62. The second kappa shape index (κ2) is 6.00. The third kappa shape index (κ3) is 2.77. The van der Waals surface area contributed by atoms with E-state index in [9.17, 15) is 0 Å². The number of anilines is 1. The summed E-state index contributed by atoms with van der Waals surface area (Å²) < 4.78 is 0. The summed E-state index contributed by atoms with van der Waals surface area (Å²) in [4.78, 5) is 9.17. The Hall–Kier alpha value is -3.41. The smallest absolute Gasteiger partial charge is 0.197 e. The van der Waals surface area contributed by atoms with E-state index in [1.165, 1.54) is 5.56 Å². The molecule has 0 radical (unpaired) electrons. The summed E-state index contributed by atoms with van der Waals surface area (Å²) in [7, 11) is 0. The van der Waals surface area contributed by atoms with Gasteiger partial charge < -0.3 is 0 Å². The zero-order valence-electron chi connectivity index (χ0n) is 13.0. The van der Waals surface area contributed by atoms with Crippen LogP contribution in [0, 0.1) is 6.92 Å². The van der Waals surface area contributed by atoms with Crippen molar-refractivity contribution in [2.24, 2.45) is 5.10 Å². The van der Waals surface area contributed by atoms with E-state index in [0.29, 0.717) is 16.9 Å². The maximum absolute atomic E-state index is 4.61. The van der Waals surface area contributed by atoms with E-state index in [0.717, 1.165) is 16.6 Å². The van der Waals surface area contributed by atoms with Gasteiger partial charge in [-0.05, 0) is 24.6 Å². The average molecular weight is 314 g/mol. The first-order chi connectivity index (χ1) is 11.8. The van der Waals surface area contributed by atoms with E-state index in [2.05, 4.69) is 30.7 Å². The van der Waals surface area contributed by atoms with Crippen molar-refractivity contribution in [1.29, 1.82) is 0 Å². The number of para-hydroxylation sites is 2. The van der Waals surface area contributed by atoms with Gasteiger partial charge in [0, 0.05) is 0 Å². The van der Waals surface area contributed by atoms with E-state index in [-0.39, 0.29) is 0 Å². The number of nitrogens with one attached hydrogen (secondary N) is 1. The molecule has 1 N–H and O–H groups in total. The Morgan fingerprint density at radius 3 is 2.46 bits per heavy atom. The van der Waals surface area contributed by atoms with Crippen LogP contribution in [0.15, 0.2) is 59.8 Å². The molecule has 0 amide bonds. The van der Waals surface area contributed by atoms with Gasteiger partial charge in [0.15, 0.2) is 5.82 Å². The lowest BCUT2D eigenvalue weighted by Crippen LogP contribution is -1.99. The molecule has 0 spiro atoms. The fraction of sp³-hybridized carbons (Fsp3) is 0.0556. The molecular formula is C18H14N6. The fourth-order valence-electron chi connectivity index (χ4n) is 2.36. The maximum Gasteiger partial charge on any atom is 0.197 e. The summed E-state index contributed by atoms with van der Waals surface area (Å²) in [6.45, 7) is 2.05. The highest BCUT2D eigenvalue weighted by molar-refractivity contribution is 5.91. The van der Waals surface area contributed by atoms with Crippen LogP contribution in [0.3, 0.4) is 0 Å². The third-order valence-corrected chi connectivity index (χ3v) is 3.62. The predicted molar refractivity (Wildman–Crippen MR) is 95.0 cm³/mol. The standard InChI is InChI=1S/C18H14N6/c1-12-6-8-13(9-7-12)10-19-23-18-17-16(11-20-24-18)21-14-4-2-3-5-15(14)22-17/h2-11H,1H3,(H,23,24)/b19-10+. The predicted octanol–water partition coefficient (Wildman–Crippen LogP) is 3.33. The number of aryl methyl sites for hydroxylation is 1. The number of hydrazone groups is 1. The Labute approximate surface area is 138 Å². The molecule has 4 rings (SSSR count). The molecule has 0 saturated heterocycles. The van der Waals surface area contributed by atoms with E-state index < -0.39 is 0 Å². The van der Waals surface area contributed by atoms with Crippen LogP contribution >= 0.6 is 0 Å². The molecule has 0 aliphatic carbocycles. The second-order valence-electron chi connectivity index (χ2n) is 5.42. The number of hydrogen-bond acceptors (Lipinski definition) is 6. The highest BCUT2D eigenvalue weighted by Crippen LogP contribution is 2.19. The molecule has 2 aromatic carbocycles. The zero-order chi connectivity index (χ0) is 16.4. The minimum atomic E-state index is 0.481. The lowest BCUT2D eigenvalue weighted by molar-refractivity contribution is 1.03. The Kier molecular flexibility index (Phi) is 3.55. The van der Waals surface area contributed by atoms with Crippen LogP contribution in [0.25, 0.3) is 22.1 Å². The Morgan fingerprint density at radius 2 is 1.67 bits per heavy atom. The van der Waals surface area contributed by atoms with E-state index in [4.69, 9.17) is 0 Å². The van der Waals surface area contributed by atoms with Gasteiger partial charge in [-0.25, -0.2) is 9.97 Å². The summed E-state index contributed by atoms with van der Waals surface area (Å²) in [5, 5.41) is 12.3. The summed E-state index contributed by atoms with van der Waals surface area (Å²) >= 11 is 0.